The number of piperidine rings is 1. The van der Waals surface area contributed by atoms with E-state index in [9.17, 15) is 5.11 Å². The SMILES string of the molecule is COCCCOc1ccc([C@@H]2[C@@H](OCc3ccc4c(c3)N(CCCOC)CCO4)CNC[C@H]2OCC(C)O)cc1. The molecule has 0 amide bonds. The third-order valence-electron chi connectivity index (χ3n) is 7.29. The number of hydrogen-bond donors (Lipinski definition) is 2. The van der Waals surface area contributed by atoms with Crippen LogP contribution >= 0.6 is 0 Å². The first-order chi connectivity index (χ1) is 19.6. The molecule has 1 fully saturated rings. The summed E-state index contributed by atoms with van der Waals surface area (Å²) in [6.07, 6.45) is 1.05. The molecule has 2 aromatic rings. The number of rotatable bonds is 16. The molecule has 2 heterocycles. The first-order valence-electron chi connectivity index (χ1n) is 14.4. The molecule has 4 atom stereocenters. The van der Waals surface area contributed by atoms with Gasteiger partial charge >= 0.3 is 0 Å². The molecule has 4 rings (SSSR count). The maximum Gasteiger partial charge on any atom is 0.142 e. The minimum Gasteiger partial charge on any atom is -0.494 e. The monoisotopic (exact) mass is 558 g/mol. The highest BCUT2D eigenvalue weighted by molar-refractivity contribution is 5.61. The number of nitrogens with one attached hydrogen (secondary N) is 1. The van der Waals surface area contributed by atoms with E-state index in [1.54, 1.807) is 21.1 Å². The molecule has 40 heavy (non-hydrogen) atoms. The number of nitrogens with zero attached hydrogens (tertiary/aromatic N) is 1. The summed E-state index contributed by atoms with van der Waals surface area (Å²) in [5, 5.41) is 13.4. The Morgan fingerprint density at radius 2 is 1.73 bits per heavy atom. The molecule has 2 aliphatic heterocycles. The topological polar surface area (TPSA) is 90.9 Å². The zero-order chi connectivity index (χ0) is 28.2. The highest BCUT2D eigenvalue weighted by Crippen LogP contribution is 2.35. The average Bonchev–Trinajstić information content (AvgIpc) is 2.98. The quantitative estimate of drug-likeness (QED) is 0.301. The van der Waals surface area contributed by atoms with Gasteiger partial charge in [-0.15, -0.1) is 0 Å². The van der Waals surface area contributed by atoms with Gasteiger partial charge in [0.05, 0.1) is 50.4 Å². The van der Waals surface area contributed by atoms with Crippen LogP contribution in [0.15, 0.2) is 42.5 Å². The molecular weight excluding hydrogens is 512 g/mol. The van der Waals surface area contributed by atoms with Crippen LogP contribution in [0.3, 0.4) is 0 Å². The Morgan fingerprint density at radius 3 is 2.48 bits per heavy atom. The summed E-state index contributed by atoms with van der Waals surface area (Å²) in [7, 11) is 3.43. The van der Waals surface area contributed by atoms with Crippen molar-refractivity contribution in [2.75, 3.05) is 78.3 Å². The molecule has 1 saturated heterocycles. The van der Waals surface area contributed by atoms with Crippen LogP contribution < -0.4 is 19.7 Å². The fourth-order valence-corrected chi connectivity index (χ4v) is 5.30. The summed E-state index contributed by atoms with van der Waals surface area (Å²) in [5.41, 5.74) is 3.35. The minimum atomic E-state index is -0.533. The summed E-state index contributed by atoms with van der Waals surface area (Å²) in [6.45, 7) is 8.42. The molecule has 0 aliphatic carbocycles. The number of aliphatic hydroxyl groups excluding tert-OH is 1. The lowest BCUT2D eigenvalue weighted by molar-refractivity contribution is -0.0752. The molecule has 9 heteroatoms. The zero-order valence-electron chi connectivity index (χ0n) is 24.2. The van der Waals surface area contributed by atoms with E-state index in [1.165, 1.54) is 0 Å². The van der Waals surface area contributed by atoms with Crippen LogP contribution in [0.4, 0.5) is 5.69 Å². The molecule has 0 saturated carbocycles. The number of hydrogen-bond acceptors (Lipinski definition) is 9. The number of fused-ring (bicyclic) bond motifs is 1. The Bertz CT molecular complexity index is 1000. The fraction of sp³-hybridized carbons (Fsp3) is 0.613. The predicted molar refractivity (Wildman–Crippen MR) is 155 cm³/mol. The van der Waals surface area contributed by atoms with Gasteiger partial charge in [-0.2, -0.15) is 0 Å². The van der Waals surface area contributed by atoms with Crippen molar-refractivity contribution >= 4 is 5.69 Å². The Labute approximate surface area is 238 Å². The summed E-state index contributed by atoms with van der Waals surface area (Å²) in [4.78, 5) is 2.37. The summed E-state index contributed by atoms with van der Waals surface area (Å²) in [6, 6.07) is 14.5. The lowest BCUT2D eigenvalue weighted by Gasteiger charge is -2.39. The molecule has 222 valence electrons. The average molecular weight is 559 g/mol. The van der Waals surface area contributed by atoms with Crippen molar-refractivity contribution in [3.05, 3.63) is 53.6 Å². The maximum atomic E-state index is 9.88. The maximum absolute atomic E-state index is 9.88. The minimum absolute atomic E-state index is 0.00837. The summed E-state index contributed by atoms with van der Waals surface area (Å²) in [5.74, 6) is 1.76. The number of aliphatic hydroxyl groups is 1. The van der Waals surface area contributed by atoms with E-state index in [1.807, 2.05) is 18.2 Å². The second-order valence-corrected chi connectivity index (χ2v) is 10.5. The molecule has 0 bridgehead atoms. The van der Waals surface area contributed by atoms with Gasteiger partial charge in [0.25, 0.3) is 0 Å². The largest absolute Gasteiger partial charge is 0.494 e. The van der Waals surface area contributed by atoms with Crippen molar-refractivity contribution in [2.24, 2.45) is 0 Å². The van der Waals surface area contributed by atoms with E-state index >= 15 is 0 Å². The van der Waals surface area contributed by atoms with Gasteiger partial charge in [-0.25, -0.2) is 0 Å². The van der Waals surface area contributed by atoms with Gasteiger partial charge in [0.2, 0.25) is 0 Å². The second-order valence-electron chi connectivity index (χ2n) is 10.5. The standard InChI is InChI=1S/C31H46N2O7/c1-23(34)21-39-29-19-32-20-30(31(29)25-7-9-26(10-8-25)37-16-5-15-36-3)40-22-24-6-11-28-27(18-24)33(13-17-38-28)12-4-14-35-2/h6-11,18,23,29-32,34H,4-5,12-17,19-22H2,1-3H3/t23?,29-,30+,31+/m1/s1. The number of benzene rings is 2. The first-order valence-corrected chi connectivity index (χ1v) is 14.4. The summed E-state index contributed by atoms with van der Waals surface area (Å²) >= 11 is 0. The van der Waals surface area contributed by atoms with E-state index in [0.29, 0.717) is 39.5 Å². The Morgan fingerprint density at radius 1 is 0.975 bits per heavy atom. The molecular formula is C31H46N2O7. The van der Waals surface area contributed by atoms with E-state index < -0.39 is 6.10 Å². The first kappa shape index (κ1) is 30.6. The third-order valence-corrected chi connectivity index (χ3v) is 7.29. The predicted octanol–water partition coefficient (Wildman–Crippen LogP) is 3.38. The van der Waals surface area contributed by atoms with Crippen molar-refractivity contribution in [1.29, 1.82) is 0 Å². The van der Waals surface area contributed by atoms with E-state index in [2.05, 4.69) is 34.5 Å². The van der Waals surface area contributed by atoms with Crippen LogP contribution in [0.2, 0.25) is 0 Å². The molecule has 0 spiro atoms. The smallest absolute Gasteiger partial charge is 0.142 e. The Balaban J connectivity index is 1.45. The molecule has 0 radical (unpaired) electrons. The van der Waals surface area contributed by atoms with E-state index in [0.717, 1.165) is 60.9 Å². The van der Waals surface area contributed by atoms with Crippen molar-refractivity contribution in [1.82, 2.24) is 5.32 Å². The van der Waals surface area contributed by atoms with Crippen molar-refractivity contribution < 1.29 is 33.5 Å². The molecule has 2 N–H and O–H groups in total. The summed E-state index contributed by atoms with van der Waals surface area (Å²) < 4.78 is 34.9. The number of ether oxygens (including phenoxy) is 6. The van der Waals surface area contributed by atoms with Crippen LogP contribution in [-0.2, 0) is 25.6 Å². The Hall–Kier alpha value is -2.40. The highest BCUT2D eigenvalue weighted by Gasteiger charge is 2.36. The van der Waals surface area contributed by atoms with Gasteiger partial charge in [0.1, 0.15) is 18.1 Å². The number of anilines is 1. The molecule has 2 aliphatic rings. The van der Waals surface area contributed by atoms with Crippen molar-refractivity contribution in [2.45, 2.75) is 50.6 Å². The molecule has 0 aromatic heterocycles. The fourth-order valence-electron chi connectivity index (χ4n) is 5.30. The van der Waals surface area contributed by atoms with Gasteiger partial charge in [-0.3, -0.25) is 0 Å². The van der Waals surface area contributed by atoms with Crippen molar-refractivity contribution in [3.63, 3.8) is 0 Å². The van der Waals surface area contributed by atoms with Gasteiger partial charge in [-0.05, 0) is 48.7 Å². The zero-order valence-corrected chi connectivity index (χ0v) is 24.2. The normalized spacial score (nSPS) is 21.5. The van der Waals surface area contributed by atoms with Gasteiger partial charge < -0.3 is 43.7 Å². The van der Waals surface area contributed by atoms with Crippen LogP contribution in [0.5, 0.6) is 11.5 Å². The van der Waals surface area contributed by atoms with E-state index in [4.69, 9.17) is 28.4 Å². The van der Waals surface area contributed by atoms with Gasteiger partial charge in [-0.1, -0.05) is 18.2 Å². The number of methoxy groups -OCH3 is 2. The van der Waals surface area contributed by atoms with Crippen LogP contribution in [0.1, 0.15) is 36.8 Å². The van der Waals surface area contributed by atoms with Crippen molar-refractivity contribution in [3.8, 4) is 11.5 Å². The van der Waals surface area contributed by atoms with Crippen LogP contribution in [-0.4, -0.2) is 96.9 Å². The molecule has 9 nitrogen and oxygen atoms in total. The lowest BCUT2D eigenvalue weighted by Crippen LogP contribution is -2.51. The van der Waals surface area contributed by atoms with Gasteiger partial charge in [0.15, 0.2) is 0 Å². The van der Waals surface area contributed by atoms with E-state index in [-0.39, 0.29) is 24.7 Å². The van der Waals surface area contributed by atoms with Gasteiger partial charge in [0, 0.05) is 59.4 Å². The molecule has 1 unspecified atom stereocenters. The molecule has 2 aromatic carbocycles. The third kappa shape index (κ3) is 8.80. The van der Waals surface area contributed by atoms with Crippen LogP contribution in [0, 0.1) is 0 Å². The second kappa shape index (κ2) is 16.1. The Kier molecular flexibility index (Phi) is 12.3. The highest BCUT2D eigenvalue weighted by atomic mass is 16.5. The lowest BCUT2D eigenvalue weighted by atomic mass is 9.85. The van der Waals surface area contributed by atoms with Crippen LogP contribution in [0.25, 0.3) is 0 Å².